The van der Waals surface area contributed by atoms with Gasteiger partial charge in [0.25, 0.3) is 0 Å². The number of benzene rings is 3. The number of carbonyl (C=O) groups is 2. The maximum atomic E-state index is 12.0. The lowest BCUT2D eigenvalue weighted by molar-refractivity contribution is -0.143. The lowest BCUT2D eigenvalue weighted by atomic mass is 9.98. The van der Waals surface area contributed by atoms with Gasteiger partial charge >= 0.3 is 12.1 Å². The Kier molecular flexibility index (Phi) is 10.5. The van der Waals surface area contributed by atoms with Crippen molar-refractivity contribution in [3.8, 4) is 11.1 Å². The predicted octanol–water partition coefficient (Wildman–Crippen LogP) is 5.66. The molecule has 0 aromatic heterocycles. The Morgan fingerprint density at radius 1 is 0.842 bits per heavy atom. The van der Waals surface area contributed by atoms with Crippen LogP contribution in [0.15, 0.2) is 77.7 Å². The summed E-state index contributed by atoms with van der Waals surface area (Å²) in [5.74, 6) is -0.134. The highest BCUT2D eigenvalue weighted by Crippen LogP contribution is 2.44. The zero-order chi connectivity index (χ0) is 27.5. The minimum atomic E-state index is -3.02. The summed E-state index contributed by atoms with van der Waals surface area (Å²) < 4.78 is 32.2. The topological polar surface area (TPSA) is 98.8 Å². The fourth-order valence-electron chi connectivity index (χ4n) is 4.25. The summed E-state index contributed by atoms with van der Waals surface area (Å²) >= 11 is 0. The fourth-order valence-corrected chi connectivity index (χ4v) is 4.88. The van der Waals surface area contributed by atoms with Crippen LogP contribution in [0.2, 0.25) is 0 Å². The largest absolute Gasteiger partial charge is 0.466 e. The van der Waals surface area contributed by atoms with E-state index in [0.29, 0.717) is 43.9 Å². The molecule has 0 unspecified atom stereocenters. The van der Waals surface area contributed by atoms with Crippen molar-refractivity contribution in [2.75, 3.05) is 26.0 Å². The van der Waals surface area contributed by atoms with Crippen molar-refractivity contribution < 1.29 is 27.5 Å². The summed E-state index contributed by atoms with van der Waals surface area (Å²) in [6.07, 6.45) is 2.55. The maximum Gasteiger partial charge on any atom is 0.407 e. The van der Waals surface area contributed by atoms with Gasteiger partial charge in [0.05, 0.1) is 11.5 Å². The zero-order valence-corrected chi connectivity index (χ0v) is 22.9. The van der Waals surface area contributed by atoms with Gasteiger partial charge < -0.3 is 14.8 Å². The van der Waals surface area contributed by atoms with Gasteiger partial charge in [-0.2, -0.15) is 0 Å². The first-order chi connectivity index (χ1) is 18.2. The van der Waals surface area contributed by atoms with E-state index in [1.165, 1.54) is 28.5 Å². The molecule has 1 aliphatic carbocycles. The van der Waals surface area contributed by atoms with Gasteiger partial charge in [0, 0.05) is 25.1 Å². The van der Waals surface area contributed by atoms with Gasteiger partial charge in [-0.15, -0.1) is 0 Å². The van der Waals surface area contributed by atoms with Gasteiger partial charge in [0.2, 0.25) is 0 Å². The van der Waals surface area contributed by atoms with Crippen LogP contribution in [0.25, 0.3) is 11.1 Å². The number of aryl methyl sites for hydroxylation is 1. The fraction of sp³-hybridized carbons (Fsp3) is 0.333. The molecular weight excluding hydrogens is 502 g/mol. The van der Waals surface area contributed by atoms with Crippen LogP contribution in [0, 0.1) is 6.92 Å². The second-order valence-corrected chi connectivity index (χ2v) is 11.1. The average molecular weight is 538 g/mol. The molecule has 3 aromatic rings. The molecule has 0 saturated heterocycles. The molecular formula is C30H35NO6S. The van der Waals surface area contributed by atoms with Crippen LogP contribution in [-0.2, 0) is 24.1 Å². The molecule has 8 heteroatoms. The molecule has 1 aliphatic rings. The number of fused-ring (bicyclic) bond motifs is 3. The molecule has 0 saturated carbocycles. The van der Waals surface area contributed by atoms with E-state index in [2.05, 4.69) is 29.6 Å². The number of sulfone groups is 1. The Morgan fingerprint density at radius 2 is 1.42 bits per heavy atom. The van der Waals surface area contributed by atoms with Crippen LogP contribution in [0.3, 0.4) is 0 Å². The number of unbranched alkanes of at least 4 members (excludes halogenated alkanes) is 1. The number of nitrogens with one attached hydrogen (secondary N) is 1. The van der Waals surface area contributed by atoms with Crippen LogP contribution in [0.4, 0.5) is 4.79 Å². The monoisotopic (exact) mass is 537 g/mol. The van der Waals surface area contributed by atoms with E-state index in [1.807, 2.05) is 31.2 Å². The molecule has 0 fully saturated rings. The molecule has 0 radical (unpaired) electrons. The number of hydrogen-bond acceptors (Lipinski definition) is 6. The Labute approximate surface area is 225 Å². The second kappa shape index (κ2) is 13.8. The van der Waals surface area contributed by atoms with Crippen molar-refractivity contribution in [1.82, 2.24) is 5.32 Å². The SMILES string of the molecule is CCOC(=O)CCCCNC(=O)OCC1c2ccccc2-c2ccccc21.Cc1ccc(S(C)(=O)=O)cc1. The third kappa shape index (κ3) is 8.18. The lowest BCUT2D eigenvalue weighted by Gasteiger charge is -2.14. The van der Waals surface area contributed by atoms with E-state index >= 15 is 0 Å². The third-order valence-corrected chi connectivity index (χ3v) is 7.30. The zero-order valence-electron chi connectivity index (χ0n) is 22.1. The van der Waals surface area contributed by atoms with Crippen LogP contribution in [-0.4, -0.2) is 46.5 Å². The molecule has 1 N–H and O–H groups in total. The van der Waals surface area contributed by atoms with Crippen molar-refractivity contribution in [2.24, 2.45) is 0 Å². The standard InChI is InChI=1S/C22H25NO4.C8H10O2S/c1-2-26-21(24)13-7-8-14-23-22(25)27-15-20-18-11-5-3-9-16(18)17-10-4-6-12-19(17)20;1-7-3-5-8(6-4-7)11(2,9)10/h3-6,9-12,20H,2,7-8,13-15H2,1H3,(H,23,25);3-6H,1-2H3. The van der Waals surface area contributed by atoms with Gasteiger partial charge in [-0.25, -0.2) is 13.2 Å². The number of amides is 1. The first-order valence-corrected chi connectivity index (χ1v) is 14.6. The van der Waals surface area contributed by atoms with Gasteiger partial charge in [-0.05, 0) is 61.1 Å². The Morgan fingerprint density at radius 3 is 1.97 bits per heavy atom. The van der Waals surface area contributed by atoms with Crippen molar-refractivity contribution in [3.63, 3.8) is 0 Å². The third-order valence-electron chi connectivity index (χ3n) is 6.18. The first-order valence-electron chi connectivity index (χ1n) is 12.7. The van der Waals surface area contributed by atoms with Gasteiger partial charge in [0.1, 0.15) is 6.61 Å². The van der Waals surface area contributed by atoms with Crippen molar-refractivity contribution in [3.05, 3.63) is 89.5 Å². The summed E-state index contributed by atoms with van der Waals surface area (Å²) in [7, 11) is -3.02. The average Bonchev–Trinajstić information content (AvgIpc) is 3.21. The van der Waals surface area contributed by atoms with Crippen molar-refractivity contribution >= 4 is 21.9 Å². The number of alkyl carbamates (subject to hydrolysis) is 1. The number of esters is 1. The first kappa shape index (κ1) is 28.9. The molecule has 202 valence electrons. The molecule has 0 aliphatic heterocycles. The van der Waals surface area contributed by atoms with Crippen molar-refractivity contribution in [1.29, 1.82) is 0 Å². The molecule has 1 amide bonds. The van der Waals surface area contributed by atoms with Crippen LogP contribution in [0.5, 0.6) is 0 Å². The lowest BCUT2D eigenvalue weighted by Crippen LogP contribution is -2.27. The molecule has 0 bridgehead atoms. The molecule has 0 atom stereocenters. The molecule has 3 aromatic carbocycles. The van der Waals surface area contributed by atoms with E-state index < -0.39 is 15.9 Å². The van der Waals surface area contributed by atoms with E-state index in [4.69, 9.17) is 9.47 Å². The molecule has 0 spiro atoms. The van der Waals surface area contributed by atoms with Crippen LogP contribution < -0.4 is 5.32 Å². The van der Waals surface area contributed by atoms with Crippen LogP contribution in [0.1, 0.15) is 48.8 Å². The number of hydrogen-bond donors (Lipinski definition) is 1. The Balaban J connectivity index is 0.000000304. The smallest absolute Gasteiger partial charge is 0.407 e. The molecule has 38 heavy (non-hydrogen) atoms. The van der Waals surface area contributed by atoms with E-state index in [-0.39, 0.29) is 11.9 Å². The summed E-state index contributed by atoms with van der Waals surface area (Å²) in [5, 5.41) is 2.75. The van der Waals surface area contributed by atoms with E-state index in [0.717, 1.165) is 5.56 Å². The predicted molar refractivity (Wildman–Crippen MR) is 148 cm³/mol. The van der Waals surface area contributed by atoms with Crippen molar-refractivity contribution in [2.45, 2.75) is 43.9 Å². The Hall–Kier alpha value is -3.65. The highest BCUT2D eigenvalue weighted by molar-refractivity contribution is 7.90. The minimum absolute atomic E-state index is 0.0620. The van der Waals surface area contributed by atoms with E-state index in [9.17, 15) is 18.0 Å². The van der Waals surface area contributed by atoms with Gasteiger partial charge in [0.15, 0.2) is 9.84 Å². The van der Waals surface area contributed by atoms with Gasteiger partial charge in [-0.1, -0.05) is 66.2 Å². The number of ether oxygens (including phenoxy) is 2. The quantitative estimate of drug-likeness (QED) is 0.279. The minimum Gasteiger partial charge on any atom is -0.466 e. The molecule has 4 rings (SSSR count). The highest BCUT2D eigenvalue weighted by atomic mass is 32.2. The summed E-state index contributed by atoms with van der Waals surface area (Å²) in [6.45, 7) is 4.90. The second-order valence-electron chi connectivity index (χ2n) is 9.10. The molecule has 0 heterocycles. The summed E-state index contributed by atoms with van der Waals surface area (Å²) in [6, 6.07) is 23.3. The Bertz CT molecular complexity index is 1290. The molecule has 7 nitrogen and oxygen atoms in total. The van der Waals surface area contributed by atoms with Crippen LogP contribution >= 0.6 is 0 Å². The highest BCUT2D eigenvalue weighted by Gasteiger charge is 2.28. The van der Waals surface area contributed by atoms with E-state index in [1.54, 1.807) is 31.2 Å². The normalized spacial score (nSPS) is 12.0. The maximum absolute atomic E-state index is 12.0. The van der Waals surface area contributed by atoms with Gasteiger partial charge in [-0.3, -0.25) is 4.79 Å². The number of rotatable bonds is 9. The summed E-state index contributed by atoms with van der Waals surface area (Å²) in [5.41, 5.74) is 5.88. The number of carbonyl (C=O) groups excluding carboxylic acids is 2. The summed E-state index contributed by atoms with van der Waals surface area (Å²) in [4.78, 5) is 23.6.